The molecule has 3 nitrogen and oxygen atoms in total. The minimum Gasteiger partial charge on any atom is -0.342 e. The summed E-state index contributed by atoms with van der Waals surface area (Å²) in [6.07, 6.45) is 2.79. The monoisotopic (exact) mass is 198 g/mol. The first kappa shape index (κ1) is 11.5. The van der Waals surface area contributed by atoms with Gasteiger partial charge in [0.05, 0.1) is 0 Å². The van der Waals surface area contributed by atoms with Crippen LogP contribution in [-0.4, -0.2) is 37.0 Å². The smallest absolute Gasteiger partial charge is 0.222 e. The summed E-state index contributed by atoms with van der Waals surface area (Å²) >= 11 is 0. The molecule has 1 heterocycles. The lowest BCUT2D eigenvalue weighted by Crippen LogP contribution is -2.34. The molecule has 1 N–H and O–H groups in total. The topological polar surface area (TPSA) is 32.3 Å². The lowest BCUT2D eigenvalue weighted by atomic mass is 10.1. The van der Waals surface area contributed by atoms with Gasteiger partial charge in [-0.1, -0.05) is 13.8 Å². The summed E-state index contributed by atoms with van der Waals surface area (Å²) in [6, 6.07) is 0.524. The number of nitrogens with one attached hydrogen (secondary N) is 1. The third-order valence-corrected chi connectivity index (χ3v) is 2.80. The van der Waals surface area contributed by atoms with E-state index in [1.54, 1.807) is 0 Å². The van der Waals surface area contributed by atoms with Crippen molar-refractivity contribution in [2.45, 2.75) is 39.2 Å². The van der Waals surface area contributed by atoms with Crippen molar-refractivity contribution in [3.05, 3.63) is 0 Å². The van der Waals surface area contributed by atoms with Gasteiger partial charge in [0.15, 0.2) is 0 Å². The van der Waals surface area contributed by atoms with E-state index in [0.29, 0.717) is 24.3 Å². The molecule has 1 aliphatic heterocycles. The molecule has 1 atom stereocenters. The summed E-state index contributed by atoms with van der Waals surface area (Å²) in [5.41, 5.74) is 0. The molecule has 0 radical (unpaired) electrons. The molecule has 1 fully saturated rings. The zero-order chi connectivity index (χ0) is 10.6. The number of carbonyl (C=O) groups is 1. The largest absolute Gasteiger partial charge is 0.342 e. The van der Waals surface area contributed by atoms with Gasteiger partial charge in [-0.05, 0) is 25.8 Å². The van der Waals surface area contributed by atoms with Crippen molar-refractivity contribution in [1.82, 2.24) is 10.2 Å². The molecule has 1 unspecified atom stereocenters. The number of carbonyl (C=O) groups excluding carboxylic acids is 1. The van der Waals surface area contributed by atoms with Gasteiger partial charge in [0.1, 0.15) is 0 Å². The molecular weight excluding hydrogens is 176 g/mol. The zero-order valence-electron chi connectivity index (χ0n) is 9.55. The molecule has 0 spiro atoms. The first-order valence-electron chi connectivity index (χ1n) is 5.58. The van der Waals surface area contributed by atoms with Gasteiger partial charge in [-0.25, -0.2) is 0 Å². The van der Waals surface area contributed by atoms with Crippen LogP contribution in [0.5, 0.6) is 0 Å². The van der Waals surface area contributed by atoms with Crippen LogP contribution in [0.2, 0.25) is 0 Å². The minimum atomic E-state index is 0.330. The van der Waals surface area contributed by atoms with Gasteiger partial charge >= 0.3 is 0 Å². The second-order valence-electron chi connectivity index (χ2n) is 4.55. The Labute approximate surface area is 86.9 Å². The highest BCUT2D eigenvalue weighted by atomic mass is 16.2. The second kappa shape index (κ2) is 5.35. The number of hydrogen-bond acceptors (Lipinski definition) is 2. The number of rotatable bonds is 3. The normalized spacial score (nSPS) is 24.1. The predicted molar refractivity (Wildman–Crippen MR) is 58.1 cm³/mol. The summed E-state index contributed by atoms with van der Waals surface area (Å²) in [5, 5.41) is 3.26. The Morgan fingerprint density at radius 3 is 2.79 bits per heavy atom. The van der Waals surface area contributed by atoms with E-state index < -0.39 is 0 Å². The quantitative estimate of drug-likeness (QED) is 0.740. The molecule has 0 aromatic rings. The van der Waals surface area contributed by atoms with Gasteiger partial charge in [0.25, 0.3) is 0 Å². The highest BCUT2D eigenvalue weighted by molar-refractivity contribution is 5.76. The van der Waals surface area contributed by atoms with Crippen LogP contribution in [0.25, 0.3) is 0 Å². The summed E-state index contributed by atoms with van der Waals surface area (Å²) in [5.74, 6) is 0.904. The summed E-state index contributed by atoms with van der Waals surface area (Å²) in [7, 11) is 1.98. The van der Waals surface area contributed by atoms with E-state index in [1.165, 1.54) is 0 Å². The Hall–Kier alpha value is -0.570. The maximum absolute atomic E-state index is 11.7. The standard InChI is InChI=1S/C11H22N2O/c1-9(2)8-13-7-6-10(12-3)4-5-11(13)14/h9-10,12H,4-8H2,1-3H3. The second-order valence-corrected chi connectivity index (χ2v) is 4.55. The van der Waals surface area contributed by atoms with Gasteiger partial charge in [-0.2, -0.15) is 0 Å². The Kier molecular flexibility index (Phi) is 4.39. The first-order valence-corrected chi connectivity index (χ1v) is 5.58. The fourth-order valence-electron chi connectivity index (χ4n) is 1.96. The van der Waals surface area contributed by atoms with Crippen LogP contribution in [0.15, 0.2) is 0 Å². The van der Waals surface area contributed by atoms with Gasteiger partial charge in [-0.3, -0.25) is 4.79 Å². The van der Waals surface area contributed by atoms with E-state index in [9.17, 15) is 4.79 Å². The van der Waals surface area contributed by atoms with Crippen LogP contribution < -0.4 is 5.32 Å². The van der Waals surface area contributed by atoms with E-state index in [2.05, 4.69) is 19.2 Å². The van der Waals surface area contributed by atoms with Crippen molar-refractivity contribution in [2.75, 3.05) is 20.1 Å². The molecule has 0 aromatic carbocycles. The molecule has 3 heteroatoms. The summed E-state index contributed by atoms with van der Waals surface area (Å²) < 4.78 is 0. The Morgan fingerprint density at radius 2 is 2.21 bits per heavy atom. The van der Waals surface area contributed by atoms with Gasteiger partial charge in [0, 0.05) is 25.6 Å². The number of hydrogen-bond donors (Lipinski definition) is 1. The zero-order valence-corrected chi connectivity index (χ0v) is 9.55. The molecule has 14 heavy (non-hydrogen) atoms. The van der Waals surface area contributed by atoms with Crippen LogP contribution in [0.1, 0.15) is 33.1 Å². The average Bonchev–Trinajstić information content (AvgIpc) is 2.30. The lowest BCUT2D eigenvalue weighted by Gasteiger charge is -2.22. The molecule has 1 saturated heterocycles. The van der Waals surface area contributed by atoms with E-state index in [-0.39, 0.29) is 0 Å². The minimum absolute atomic E-state index is 0.330. The van der Waals surface area contributed by atoms with Crippen molar-refractivity contribution < 1.29 is 4.79 Å². The molecule has 0 aromatic heterocycles. The molecule has 0 saturated carbocycles. The number of likely N-dealkylation sites (tertiary alicyclic amines) is 1. The Balaban J connectivity index is 2.47. The SMILES string of the molecule is CNC1CCC(=O)N(CC(C)C)CC1. The van der Waals surface area contributed by atoms with E-state index in [0.717, 1.165) is 25.9 Å². The fraction of sp³-hybridized carbons (Fsp3) is 0.909. The van der Waals surface area contributed by atoms with E-state index >= 15 is 0 Å². The average molecular weight is 198 g/mol. The molecular formula is C11H22N2O. The van der Waals surface area contributed by atoms with Crippen LogP contribution in [0, 0.1) is 5.92 Å². The summed E-state index contributed by atoms with van der Waals surface area (Å²) in [4.78, 5) is 13.7. The van der Waals surface area contributed by atoms with Gasteiger partial charge < -0.3 is 10.2 Å². The highest BCUT2D eigenvalue weighted by Gasteiger charge is 2.21. The third-order valence-electron chi connectivity index (χ3n) is 2.80. The maximum Gasteiger partial charge on any atom is 0.222 e. The fourth-order valence-corrected chi connectivity index (χ4v) is 1.96. The summed E-state index contributed by atoms with van der Waals surface area (Å²) in [6.45, 7) is 6.15. The van der Waals surface area contributed by atoms with Crippen LogP contribution in [-0.2, 0) is 4.79 Å². The Morgan fingerprint density at radius 1 is 1.50 bits per heavy atom. The molecule has 1 rings (SSSR count). The van der Waals surface area contributed by atoms with E-state index in [4.69, 9.17) is 0 Å². The van der Waals surface area contributed by atoms with Crippen molar-refractivity contribution in [3.8, 4) is 0 Å². The van der Waals surface area contributed by atoms with Gasteiger partial charge in [-0.15, -0.1) is 0 Å². The van der Waals surface area contributed by atoms with Crippen molar-refractivity contribution >= 4 is 5.91 Å². The molecule has 0 aliphatic carbocycles. The van der Waals surface area contributed by atoms with Crippen LogP contribution >= 0.6 is 0 Å². The maximum atomic E-state index is 11.7. The third kappa shape index (κ3) is 3.29. The number of nitrogens with zero attached hydrogens (tertiary/aromatic N) is 1. The molecule has 1 aliphatic rings. The number of amides is 1. The van der Waals surface area contributed by atoms with Gasteiger partial charge in [0.2, 0.25) is 5.91 Å². The molecule has 1 amide bonds. The first-order chi connectivity index (χ1) is 6.63. The lowest BCUT2D eigenvalue weighted by molar-refractivity contribution is -0.131. The van der Waals surface area contributed by atoms with Crippen LogP contribution in [0.4, 0.5) is 0 Å². The van der Waals surface area contributed by atoms with Crippen molar-refractivity contribution in [2.24, 2.45) is 5.92 Å². The molecule has 82 valence electrons. The Bertz CT molecular complexity index is 192. The van der Waals surface area contributed by atoms with Crippen molar-refractivity contribution in [1.29, 1.82) is 0 Å². The van der Waals surface area contributed by atoms with Crippen molar-refractivity contribution in [3.63, 3.8) is 0 Å². The van der Waals surface area contributed by atoms with E-state index in [1.807, 2.05) is 11.9 Å². The predicted octanol–water partition coefficient (Wildman–Crippen LogP) is 1.24. The highest BCUT2D eigenvalue weighted by Crippen LogP contribution is 2.13. The molecule has 0 bridgehead atoms. The van der Waals surface area contributed by atoms with Crippen LogP contribution in [0.3, 0.4) is 0 Å².